The van der Waals surface area contributed by atoms with Crippen LogP contribution in [0.3, 0.4) is 0 Å². The van der Waals surface area contributed by atoms with Gasteiger partial charge in [-0.2, -0.15) is 4.72 Å². The van der Waals surface area contributed by atoms with Gasteiger partial charge in [0.1, 0.15) is 0 Å². The van der Waals surface area contributed by atoms with Gasteiger partial charge in [-0.15, -0.1) is 0 Å². The van der Waals surface area contributed by atoms with Crippen LogP contribution >= 0.6 is 0 Å². The average molecular weight is 368 g/mol. The molecule has 0 spiro atoms. The zero-order chi connectivity index (χ0) is 18.6. The zero-order valence-corrected chi connectivity index (χ0v) is 15.2. The first kappa shape index (κ1) is 18.1. The molecule has 0 aliphatic heterocycles. The molecule has 0 aliphatic rings. The van der Waals surface area contributed by atoms with Crippen molar-refractivity contribution in [2.24, 2.45) is 0 Å². The molecule has 1 atom stereocenters. The Morgan fingerprint density at radius 2 is 1.58 bits per heavy atom. The van der Waals surface area contributed by atoms with Crippen molar-refractivity contribution >= 4 is 26.7 Å². The lowest BCUT2D eigenvalue weighted by Crippen LogP contribution is -2.44. The maximum absolute atomic E-state index is 12.6. The molecule has 0 heterocycles. The van der Waals surface area contributed by atoms with Crippen molar-refractivity contribution < 1.29 is 13.2 Å². The van der Waals surface area contributed by atoms with Gasteiger partial charge in [0.05, 0.1) is 10.9 Å². The van der Waals surface area contributed by atoms with Gasteiger partial charge in [-0.25, -0.2) is 8.42 Å². The van der Waals surface area contributed by atoms with E-state index in [1.54, 1.807) is 18.2 Å². The lowest BCUT2D eigenvalue weighted by molar-refractivity contribution is -0.122. The van der Waals surface area contributed by atoms with Crippen molar-refractivity contribution in [3.63, 3.8) is 0 Å². The lowest BCUT2D eigenvalue weighted by Gasteiger charge is -2.15. The summed E-state index contributed by atoms with van der Waals surface area (Å²) in [7, 11) is -3.79. The number of hydrogen-bond donors (Lipinski definition) is 2. The number of amides is 1. The Bertz CT molecular complexity index is 1020. The highest BCUT2D eigenvalue weighted by molar-refractivity contribution is 7.89. The first-order valence-corrected chi connectivity index (χ1v) is 9.77. The van der Waals surface area contributed by atoms with Gasteiger partial charge >= 0.3 is 0 Å². The Balaban J connectivity index is 1.68. The molecule has 3 aromatic carbocycles. The summed E-state index contributed by atoms with van der Waals surface area (Å²) in [6, 6.07) is 21.0. The second-order valence-corrected chi connectivity index (χ2v) is 7.77. The van der Waals surface area contributed by atoms with E-state index in [4.69, 9.17) is 0 Å². The van der Waals surface area contributed by atoms with Crippen LogP contribution < -0.4 is 10.0 Å². The molecule has 0 radical (unpaired) electrons. The maximum Gasteiger partial charge on any atom is 0.241 e. The fraction of sp³-hybridized carbons (Fsp3) is 0.150. The van der Waals surface area contributed by atoms with Crippen LogP contribution in [-0.4, -0.2) is 20.4 Å². The van der Waals surface area contributed by atoms with Gasteiger partial charge in [0.15, 0.2) is 0 Å². The third-order valence-electron chi connectivity index (χ3n) is 4.07. The molecular formula is C20H20N2O3S. The first-order chi connectivity index (χ1) is 12.5. The summed E-state index contributed by atoms with van der Waals surface area (Å²) in [5.74, 6) is -0.377. The molecule has 134 valence electrons. The van der Waals surface area contributed by atoms with Crippen molar-refractivity contribution in [3.8, 4) is 0 Å². The van der Waals surface area contributed by atoms with Crippen molar-refractivity contribution in [1.29, 1.82) is 0 Å². The minimum atomic E-state index is -3.79. The number of benzene rings is 3. The third kappa shape index (κ3) is 4.28. The zero-order valence-electron chi connectivity index (χ0n) is 14.3. The molecule has 1 amide bonds. The molecule has 0 aliphatic carbocycles. The molecule has 0 saturated carbocycles. The van der Waals surface area contributed by atoms with Crippen molar-refractivity contribution in [2.45, 2.75) is 24.4 Å². The van der Waals surface area contributed by atoms with E-state index >= 15 is 0 Å². The van der Waals surface area contributed by atoms with Gasteiger partial charge in [-0.1, -0.05) is 60.7 Å². The maximum atomic E-state index is 12.6. The summed E-state index contributed by atoms with van der Waals surface area (Å²) < 4.78 is 27.6. The highest BCUT2D eigenvalue weighted by atomic mass is 32.2. The summed E-state index contributed by atoms with van der Waals surface area (Å²) in [6.07, 6.45) is 0. The Hall–Kier alpha value is -2.70. The molecule has 3 aromatic rings. The second-order valence-electron chi connectivity index (χ2n) is 6.06. The molecule has 0 fully saturated rings. The number of sulfonamides is 1. The fourth-order valence-electron chi connectivity index (χ4n) is 2.63. The Morgan fingerprint density at radius 1 is 0.923 bits per heavy atom. The number of nitrogens with one attached hydrogen (secondary N) is 2. The largest absolute Gasteiger partial charge is 0.351 e. The van der Waals surface area contributed by atoms with Crippen molar-refractivity contribution in [1.82, 2.24) is 10.0 Å². The van der Waals surface area contributed by atoms with Crippen LogP contribution in [0.1, 0.15) is 12.5 Å². The van der Waals surface area contributed by atoms with E-state index in [1.807, 2.05) is 54.6 Å². The molecule has 26 heavy (non-hydrogen) atoms. The Kier molecular flexibility index (Phi) is 5.35. The molecule has 0 unspecified atom stereocenters. The van der Waals surface area contributed by atoms with Gasteiger partial charge in [0, 0.05) is 6.54 Å². The van der Waals surface area contributed by atoms with Crippen LogP contribution in [0.25, 0.3) is 10.8 Å². The smallest absolute Gasteiger partial charge is 0.241 e. The van der Waals surface area contributed by atoms with E-state index in [9.17, 15) is 13.2 Å². The number of fused-ring (bicyclic) bond motifs is 1. The summed E-state index contributed by atoms with van der Waals surface area (Å²) in [5.41, 5.74) is 0.949. The monoisotopic (exact) mass is 368 g/mol. The van der Waals surface area contributed by atoms with Crippen LogP contribution in [0.2, 0.25) is 0 Å². The lowest BCUT2D eigenvalue weighted by atomic mass is 10.1. The predicted octanol–water partition coefficient (Wildman–Crippen LogP) is 2.82. The van der Waals surface area contributed by atoms with Crippen LogP contribution in [0, 0.1) is 0 Å². The summed E-state index contributed by atoms with van der Waals surface area (Å²) in [5, 5.41) is 4.53. The number of rotatable bonds is 6. The van der Waals surface area contributed by atoms with E-state index in [1.165, 1.54) is 6.92 Å². The normalized spacial score (nSPS) is 12.7. The van der Waals surface area contributed by atoms with Crippen LogP contribution in [0.4, 0.5) is 0 Å². The topological polar surface area (TPSA) is 75.3 Å². The van der Waals surface area contributed by atoms with Crippen LogP contribution in [0.5, 0.6) is 0 Å². The number of carbonyl (C=O) groups excluding carboxylic acids is 1. The van der Waals surface area contributed by atoms with Gasteiger partial charge in [0.2, 0.25) is 15.9 Å². The van der Waals surface area contributed by atoms with E-state index in [2.05, 4.69) is 10.0 Å². The molecule has 0 saturated heterocycles. The molecule has 5 nitrogen and oxygen atoms in total. The van der Waals surface area contributed by atoms with Crippen molar-refractivity contribution in [2.75, 3.05) is 0 Å². The van der Waals surface area contributed by atoms with Gasteiger partial charge in [-0.3, -0.25) is 4.79 Å². The van der Waals surface area contributed by atoms with E-state index < -0.39 is 16.1 Å². The van der Waals surface area contributed by atoms with E-state index in [-0.39, 0.29) is 10.8 Å². The van der Waals surface area contributed by atoms with Gasteiger partial charge < -0.3 is 5.32 Å². The van der Waals surface area contributed by atoms with Crippen LogP contribution in [0.15, 0.2) is 77.7 Å². The first-order valence-electron chi connectivity index (χ1n) is 8.28. The summed E-state index contributed by atoms with van der Waals surface area (Å²) in [4.78, 5) is 12.3. The highest BCUT2D eigenvalue weighted by Crippen LogP contribution is 2.19. The quantitative estimate of drug-likeness (QED) is 0.702. The van der Waals surface area contributed by atoms with Gasteiger partial charge in [0.25, 0.3) is 0 Å². The van der Waals surface area contributed by atoms with Gasteiger partial charge in [-0.05, 0) is 35.4 Å². The van der Waals surface area contributed by atoms with Crippen LogP contribution in [-0.2, 0) is 21.4 Å². The van der Waals surface area contributed by atoms with E-state index in [0.717, 1.165) is 16.3 Å². The average Bonchev–Trinajstić information content (AvgIpc) is 2.66. The molecule has 2 N–H and O–H groups in total. The summed E-state index contributed by atoms with van der Waals surface area (Å²) >= 11 is 0. The second kappa shape index (κ2) is 7.68. The third-order valence-corrected chi connectivity index (χ3v) is 5.60. The number of carbonyl (C=O) groups is 1. The fourth-order valence-corrected chi connectivity index (χ4v) is 3.86. The van der Waals surface area contributed by atoms with E-state index in [0.29, 0.717) is 6.54 Å². The molecule has 3 rings (SSSR count). The molecule has 6 heteroatoms. The predicted molar refractivity (Wildman–Crippen MR) is 102 cm³/mol. The minimum absolute atomic E-state index is 0.138. The SMILES string of the molecule is C[C@H](NS(=O)(=O)c1ccc2ccccc2c1)C(=O)NCc1ccccc1. The molecule has 0 aromatic heterocycles. The Labute approximate surface area is 153 Å². The Morgan fingerprint density at radius 3 is 2.31 bits per heavy atom. The molecule has 0 bridgehead atoms. The number of hydrogen-bond acceptors (Lipinski definition) is 3. The molecular weight excluding hydrogens is 348 g/mol. The minimum Gasteiger partial charge on any atom is -0.351 e. The summed E-state index contributed by atoms with van der Waals surface area (Å²) in [6.45, 7) is 1.88. The van der Waals surface area contributed by atoms with Crippen molar-refractivity contribution in [3.05, 3.63) is 78.4 Å². The highest BCUT2D eigenvalue weighted by Gasteiger charge is 2.22. The standard InChI is InChI=1S/C20H20N2O3S/c1-15(20(23)21-14-16-7-3-2-4-8-16)22-26(24,25)19-12-11-17-9-5-6-10-18(17)13-19/h2-13,15,22H,14H2,1H3,(H,21,23)/t15-/m0/s1.